The molecule has 27 heavy (non-hydrogen) atoms. The summed E-state index contributed by atoms with van der Waals surface area (Å²) in [6.45, 7) is 3.83. The van der Waals surface area contributed by atoms with Crippen molar-refractivity contribution in [2.45, 2.75) is 25.7 Å². The number of likely N-dealkylation sites (tertiary alicyclic amines) is 2. The molecule has 0 aliphatic carbocycles. The summed E-state index contributed by atoms with van der Waals surface area (Å²) in [5, 5.41) is 0. The highest BCUT2D eigenvalue weighted by Gasteiger charge is 2.49. The highest BCUT2D eigenvalue weighted by atomic mass is 16.5. The standard InChI is InChI=1S/C21H31N3O3/c1-22(18-8-4-3-5-9-18)16-19(25)24-14-11-21(17-24)10-6-12-23(20(21)26)13-7-15-27-2/h3-5,8-9H,6-7,10-17H2,1-2H3/t21-/m0/s1. The number of anilines is 1. The zero-order valence-corrected chi connectivity index (χ0v) is 16.5. The number of methoxy groups -OCH3 is 1. The zero-order valence-electron chi connectivity index (χ0n) is 16.5. The van der Waals surface area contributed by atoms with Crippen LogP contribution in [-0.4, -0.2) is 75.1 Å². The molecule has 0 radical (unpaired) electrons. The van der Waals surface area contributed by atoms with E-state index in [-0.39, 0.29) is 17.2 Å². The minimum Gasteiger partial charge on any atom is -0.385 e. The minimum atomic E-state index is -0.369. The molecule has 6 nitrogen and oxygen atoms in total. The van der Waals surface area contributed by atoms with Gasteiger partial charge in [-0.15, -0.1) is 0 Å². The summed E-state index contributed by atoms with van der Waals surface area (Å²) in [6, 6.07) is 9.92. The van der Waals surface area contributed by atoms with Gasteiger partial charge in [0.2, 0.25) is 11.8 Å². The molecule has 2 fully saturated rings. The molecule has 0 bridgehead atoms. The van der Waals surface area contributed by atoms with Gasteiger partial charge in [0.15, 0.2) is 0 Å². The molecule has 2 amide bonds. The Balaban J connectivity index is 1.58. The van der Waals surface area contributed by atoms with Crippen molar-refractivity contribution in [3.05, 3.63) is 30.3 Å². The number of hydrogen-bond acceptors (Lipinski definition) is 4. The SMILES string of the molecule is COCCCN1CCC[C@@]2(CCN(C(=O)CN(C)c3ccccc3)C2)C1=O. The van der Waals surface area contributed by atoms with Crippen LogP contribution in [0.25, 0.3) is 0 Å². The molecular formula is C21H31N3O3. The third-order valence-corrected chi connectivity index (χ3v) is 5.88. The molecule has 2 saturated heterocycles. The van der Waals surface area contributed by atoms with E-state index in [0.717, 1.165) is 44.5 Å². The fourth-order valence-electron chi connectivity index (χ4n) is 4.31. The van der Waals surface area contributed by atoms with Gasteiger partial charge in [-0.3, -0.25) is 9.59 Å². The van der Waals surface area contributed by atoms with Gasteiger partial charge in [0.05, 0.1) is 12.0 Å². The van der Waals surface area contributed by atoms with Gasteiger partial charge < -0.3 is 19.4 Å². The normalized spacial score (nSPS) is 22.5. The van der Waals surface area contributed by atoms with E-state index in [1.54, 1.807) is 7.11 Å². The number of carbonyl (C=O) groups excluding carboxylic acids is 2. The van der Waals surface area contributed by atoms with Gasteiger partial charge in [-0.2, -0.15) is 0 Å². The Hall–Kier alpha value is -2.08. The molecule has 2 aliphatic rings. The van der Waals surface area contributed by atoms with Gasteiger partial charge in [-0.05, 0) is 37.8 Å². The molecule has 0 saturated carbocycles. The fraction of sp³-hybridized carbons (Fsp3) is 0.619. The third kappa shape index (κ3) is 4.43. The molecule has 1 aromatic carbocycles. The average Bonchev–Trinajstić information content (AvgIpc) is 3.11. The largest absolute Gasteiger partial charge is 0.385 e. The Labute approximate surface area is 162 Å². The van der Waals surface area contributed by atoms with Crippen molar-refractivity contribution >= 4 is 17.5 Å². The topological polar surface area (TPSA) is 53.1 Å². The molecule has 1 aromatic rings. The molecule has 0 unspecified atom stereocenters. The number of benzene rings is 1. The van der Waals surface area contributed by atoms with Gasteiger partial charge in [-0.25, -0.2) is 0 Å². The number of piperidine rings is 1. The van der Waals surface area contributed by atoms with Crippen LogP contribution in [0.15, 0.2) is 30.3 Å². The second-order valence-electron chi connectivity index (χ2n) is 7.78. The minimum absolute atomic E-state index is 0.0996. The van der Waals surface area contributed by atoms with Crippen LogP contribution in [0, 0.1) is 5.41 Å². The summed E-state index contributed by atoms with van der Waals surface area (Å²) < 4.78 is 5.11. The number of rotatable bonds is 7. The van der Waals surface area contributed by atoms with Crippen molar-refractivity contribution in [3.8, 4) is 0 Å². The average molecular weight is 373 g/mol. The molecule has 3 rings (SSSR count). The smallest absolute Gasteiger partial charge is 0.242 e. The zero-order chi connectivity index (χ0) is 19.3. The maximum absolute atomic E-state index is 13.1. The van der Waals surface area contributed by atoms with E-state index in [4.69, 9.17) is 4.74 Å². The number of ether oxygens (including phenoxy) is 1. The third-order valence-electron chi connectivity index (χ3n) is 5.88. The van der Waals surface area contributed by atoms with E-state index in [9.17, 15) is 9.59 Å². The molecule has 1 spiro atoms. The molecule has 2 heterocycles. The van der Waals surface area contributed by atoms with Crippen molar-refractivity contribution in [2.75, 3.05) is 58.4 Å². The highest BCUT2D eigenvalue weighted by Crippen LogP contribution is 2.40. The first kappa shape index (κ1) is 19.7. The monoisotopic (exact) mass is 373 g/mol. The summed E-state index contributed by atoms with van der Waals surface area (Å²) in [6.07, 6.45) is 3.56. The van der Waals surface area contributed by atoms with Crippen LogP contribution >= 0.6 is 0 Å². The van der Waals surface area contributed by atoms with Crippen molar-refractivity contribution < 1.29 is 14.3 Å². The molecule has 1 atom stereocenters. The van der Waals surface area contributed by atoms with E-state index in [2.05, 4.69) is 0 Å². The lowest BCUT2D eigenvalue weighted by Gasteiger charge is -2.39. The number of likely N-dealkylation sites (N-methyl/N-ethyl adjacent to an activating group) is 1. The fourth-order valence-corrected chi connectivity index (χ4v) is 4.31. The predicted molar refractivity (Wildman–Crippen MR) is 106 cm³/mol. The number of amides is 2. The molecule has 6 heteroatoms. The molecule has 2 aliphatic heterocycles. The van der Waals surface area contributed by atoms with Crippen LogP contribution in [0.1, 0.15) is 25.7 Å². The van der Waals surface area contributed by atoms with Gasteiger partial charge in [0, 0.05) is 52.6 Å². The number of carbonyl (C=O) groups is 2. The van der Waals surface area contributed by atoms with E-state index < -0.39 is 0 Å². The number of hydrogen-bond donors (Lipinski definition) is 0. The van der Waals surface area contributed by atoms with Crippen molar-refractivity contribution in [2.24, 2.45) is 5.41 Å². The Morgan fingerprint density at radius 2 is 2.00 bits per heavy atom. The van der Waals surface area contributed by atoms with Crippen molar-refractivity contribution in [1.29, 1.82) is 0 Å². The van der Waals surface area contributed by atoms with Crippen molar-refractivity contribution in [1.82, 2.24) is 9.80 Å². The summed E-state index contributed by atoms with van der Waals surface area (Å²) in [4.78, 5) is 31.7. The Kier molecular flexibility index (Phi) is 6.37. The lowest BCUT2D eigenvalue weighted by atomic mass is 9.78. The van der Waals surface area contributed by atoms with E-state index >= 15 is 0 Å². The molecule has 0 N–H and O–H groups in total. The summed E-state index contributed by atoms with van der Waals surface area (Å²) in [5.41, 5.74) is 0.657. The Bertz CT molecular complexity index is 651. The lowest BCUT2D eigenvalue weighted by molar-refractivity contribution is -0.146. The van der Waals surface area contributed by atoms with Crippen molar-refractivity contribution in [3.63, 3.8) is 0 Å². The number of para-hydroxylation sites is 1. The van der Waals surface area contributed by atoms with Crippen LogP contribution in [0.2, 0.25) is 0 Å². The predicted octanol–water partition coefficient (Wildman–Crippen LogP) is 2.00. The van der Waals surface area contributed by atoms with Gasteiger partial charge in [0.25, 0.3) is 0 Å². The first-order chi connectivity index (χ1) is 13.1. The van der Waals surface area contributed by atoms with Crippen LogP contribution in [0.5, 0.6) is 0 Å². The second kappa shape index (κ2) is 8.74. The van der Waals surface area contributed by atoms with Crippen LogP contribution in [-0.2, 0) is 14.3 Å². The van der Waals surface area contributed by atoms with Crippen LogP contribution in [0.3, 0.4) is 0 Å². The lowest BCUT2D eigenvalue weighted by Crippen LogP contribution is -2.51. The molecular weight excluding hydrogens is 342 g/mol. The van der Waals surface area contributed by atoms with Gasteiger partial charge in [0.1, 0.15) is 0 Å². The number of nitrogens with zero attached hydrogens (tertiary/aromatic N) is 3. The van der Waals surface area contributed by atoms with E-state index in [0.29, 0.717) is 26.2 Å². The van der Waals surface area contributed by atoms with Gasteiger partial charge in [-0.1, -0.05) is 18.2 Å². The first-order valence-corrected chi connectivity index (χ1v) is 9.88. The second-order valence-corrected chi connectivity index (χ2v) is 7.78. The quantitative estimate of drug-likeness (QED) is 0.686. The summed E-state index contributed by atoms with van der Waals surface area (Å²) in [5.74, 6) is 0.333. The Morgan fingerprint density at radius 1 is 1.22 bits per heavy atom. The van der Waals surface area contributed by atoms with Crippen LogP contribution < -0.4 is 4.90 Å². The summed E-state index contributed by atoms with van der Waals surface area (Å²) in [7, 11) is 3.62. The summed E-state index contributed by atoms with van der Waals surface area (Å²) >= 11 is 0. The van der Waals surface area contributed by atoms with Crippen LogP contribution in [0.4, 0.5) is 5.69 Å². The molecule has 148 valence electrons. The highest BCUT2D eigenvalue weighted by molar-refractivity contribution is 5.87. The van der Waals surface area contributed by atoms with E-state index in [1.807, 2.05) is 52.1 Å². The maximum Gasteiger partial charge on any atom is 0.242 e. The first-order valence-electron chi connectivity index (χ1n) is 9.88. The van der Waals surface area contributed by atoms with E-state index in [1.165, 1.54) is 0 Å². The molecule has 0 aromatic heterocycles. The maximum atomic E-state index is 13.1. The Morgan fingerprint density at radius 3 is 2.74 bits per heavy atom. The van der Waals surface area contributed by atoms with Gasteiger partial charge >= 0.3 is 0 Å².